The van der Waals surface area contributed by atoms with E-state index in [2.05, 4.69) is 30.7 Å². The molecule has 1 aromatic heterocycles. The van der Waals surface area contributed by atoms with E-state index in [1.165, 1.54) is 11.3 Å². The summed E-state index contributed by atoms with van der Waals surface area (Å²) in [6, 6.07) is 0. The summed E-state index contributed by atoms with van der Waals surface area (Å²) in [5.74, 6) is 0.691. The summed E-state index contributed by atoms with van der Waals surface area (Å²) < 4.78 is 0. The van der Waals surface area contributed by atoms with Crippen molar-refractivity contribution < 1.29 is 5.11 Å². The highest BCUT2D eigenvalue weighted by molar-refractivity contribution is 7.15. The van der Waals surface area contributed by atoms with Crippen molar-refractivity contribution in [2.75, 3.05) is 18.0 Å². The number of aromatic nitrogens is 1. The average molecular weight is 268 g/mol. The lowest BCUT2D eigenvalue weighted by atomic mass is 10.0. The molecule has 1 N–H and O–H groups in total. The predicted octanol–water partition coefficient (Wildman–Crippen LogP) is 3.39. The molecular weight excluding hydrogens is 244 g/mol. The van der Waals surface area contributed by atoms with Gasteiger partial charge in [0.05, 0.1) is 11.8 Å². The van der Waals surface area contributed by atoms with E-state index < -0.39 is 0 Å². The lowest BCUT2D eigenvalue weighted by Gasteiger charge is -2.23. The first-order valence-electron chi connectivity index (χ1n) is 7.08. The number of hydrogen-bond donors (Lipinski definition) is 1. The van der Waals surface area contributed by atoms with Crippen molar-refractivity contribution in [2.24, 2.45) is 5.92 Å². The maximum absolute atomic E-state index is 9.98. The third kappa shape index (κ3) is 2.86. The first-order valence-corrected chi connectivity index (χ1v) is 7.89. The third-order valence-corrected chi connectivity index (χ3v) is 4.99. The highest BCUT2D eigenvalue weighted by Gasteiger charge is 2.24. The molecule has 0 bridgehead atoms. The molecule has 0 aliphatic heterocycles. The molecule has 18 heavy (non-hydrogen) atoms. The molecule has 2 unspecified atom stereocenters. The summed E-state index contributed by atoms with van der Waals surface area (Å²) in [4.78, 5) is 8.33. The number of fused-ring (bicyclic) bond motifs is 1. The van der Waals surface area contributed by atoms with Gasteiger partial charge in [0.1, 0.15) is 0 Å². The number of aryl methyl sites for hydroxylation is 1. The number of aliphatic hydroxyl groups excluding tert-OH is 1. The fraction of sp³-hybridized carbons (Fsp3) is 0.786. The van der Waals surface area contributed by atoms with Gasteiger partial charge in [-0.3, -0.25) is 0 Å². The zero-order chi connectivity index (χ0) is 13.1. The van der Waals surface area contributed by atoms with Gasteiger partial charge >= 0.3 is 0 Å². The van der Waals surface area contributed by atoms with Gasteiger partial charge in [-0.1, -0.05) is 20.3 Å². The van der Waals surface area contributed by atoms with Gasteiger partial charge in [0.2, 0.25) is 0 Å². The molecule has 1 heterocycles. The normalized spacial score (nSPS) is 20.6. The van der Waals surface area contributed by atoms with Gasteiger partial charge < -0.3 is 10.0 Å². The van der Waals surface area contributed by atoms with Crippen LogP contribution in [0.3, 0.4) is 0 Å². The molecule has 0 aromatic carbocycles. The first-order chi connectivity index (χ1) is 8.65. The standard InChI is InChI=1S/C14H24N2OS/c1-4-10(3)9-16(5-2)14-15-13-11(17)7-6-8-12(13)18-14/h10-11,17H,4-9H2,1-3H3. The molecule has 0 saturated heterocycles. The maximum Gasteiger partial charge on any atom is 0.185 e. The van der Waals surface area contributed by atoms with E-state index in [1.807, 2.05) is 0 Å². The smallest absolute Gasteiger partial charge is 0.185 e. The Bertz CT molecular complexity index is 391. The topological polar surface area (TPSA) is 36.4 Å². The second-order valence-electron chi connectivity index (χ2n) is 5.26. The van der Waals surface area contributed by atoms with Crippen LogP contribution < -0.4 is 4.90 Å². The van der Waals surface area contributed by atoms with Crippen LogP contribution in [-0.4, -0.2) is 23.2 Å². The van der Waals surface area contributed by atoms with E-state index in [9.17, 15) is 5.11 Å². The van der Waals surface area contributed by atoms with Gasteiger partial charge in [-0.15, -0.1) is 11.3 Å². The van der Waals surface area contributed by atoms with Gasteiger partial charge in [-0.05, 0) is 32.1 Å². The summed E-state index contributed by atoms with van der Waals surface area (Å²) in [6.45, 7) is 8.75. The zero-order valence-electron chi connectivity index (χ0n) is 11.6. The van der Waals surface area contributed by atoms with Crippen molar-refractivity contribution in [2.45, 2.75) is 52.6 Å². The van der Waals surface area contributed by atoms with Crippen molar-refractivity contribution in [3.63, 3.8) is 0 Å². The van der Waals surface area contributed by atoms with E-state index in [4.69, 9.17) is 0 Å². The fourth-order valence-electron chi connectivity index (χ4n) is 2.37. The number of anilines is 1. The molecule has 0 saturated carbocycles. The Morgan fingerprint density at radius 3 is 2.89 bits per heavy atom. The van der Waals surface area contributed by atoms with Crippen LogP contribution in [0.5, 0.6) is 0 Å². The Hall–Kier alpha value is -0.610. The summed E-state index contributed by atoms with van der Waals surface area (Å²) in [5.41, 5.74) is 0.948. The van der Waals surface area contributed by atoms with E-state index in [0.717, 1.165) is 43.2 Å². The number of thiazole rings is 1. The van der Waals surface area contributed by atoms with Crippen molar-refractivity contribution >= 4 is 16.5 Å². The fourth-order valence-corrected chi connectivity index (χ4v) is 3.60. The lowest BCUT2D eigenvalue weighted by Crippen LogP contribution is -2.27. The van der Waals surface area contributed by atoms with Crippen molar-refractivity contribution in [1.29, 1.82) is 0 Å². The minimum absolute atomic E-state index is 0.332. The molecule has 3 nitrogen and oxygen atoms in total. The van der Waals surface area contributed by atoms with Crippen molar-refractivity contribution in [1.82, 2.24) is 4.98 Å². The molecule has 1 aliphatic rings. The van der Waals surface area contributed by atoms with Crippen LogP contribution in [0.2, 0.25) is 0 Å². The van der Waals surface area contributed by atoms with Crippen LogP contribution >= 0.6 is 11.3 Å². The van der Waals surface area contributed by atoms with E-state index in [0.29, 0.717) is 5.92 Å². The molecule has 1 aromatic rings. The summed E-state index contributed by atoms with van der Waals surface area (Å²) in [7, 11) is 0. The first kappa shape index (κ1) is 13.8. The van der Waals surface area contributed by atoms with Gasteiger partial charge in [0.15, 0.2) is 5.13 Å². The van der Waals surface area contributed by atoms with Gasteiger partial charge in [-0.2, -0.15) is 0 Å². The van der Waals surface area contributed by atoms with Gasteiger partial charge in [-0.25, -0.2) is 4.98 Å². The van der Waals surface area contributed by atoms with Crippen LogP contribution in [0.4, 0.5) is 5.13 Å². The molecule has 102 valence electrons. The Labute approximate surface area is 114 Å². The summed E-state index contributed by atoms with van der Waals surface area (Å²) in [6.07, 6.45) is 3.91. The lowest BCUT2D eigenvalue weighted by molar-refractivity contribution is 0.153. The van der Waals surface area contributed by atoms with Crippen LogP contribution in [0, 0.1) is 5.92 Å². The average Bonchev–Trinajstić information content (AvgIpc) is 2.80. The van der Waals surface area contributed by atoms with Crippen LogP contribution in [0.15, 0.2) is 0 Å². The Kier molecular flexibility index (Phi) is 4.62. The molecule has 2 rings (SSSR count). The molecule has 0 fully saturated rings. The predicted molar refractivity (Wildman–Crippen MR) is 77.4 cm³/mol. The number of nitrogens with zero attached hydrogens (tertiary/aromatic N) is 2. The minimum atomic E-state index is -0.332. The second-order valence-corrected chi connectivity index (χ2v) is 6.33. The van der Waals surface area contributed by atoms with Crippen LogP contribution in [0.1, 0.15) is 56.7 Å². The molecule has 1 aliphatic carbocycles. The third-order valence-electron chi connectivity index (χ3n) is 3.79. The zero-order valence-corrected chi connectivity index (χ0v) is 12.5. The number of hydrogen-bond acceptors (Lipinski definition) is 4. The Morgan fingerprint density at radius 1 is 1.50 bits per heavy atom. The van der Waals surface area contributed by atoms with Crippen molar-refractivity contribution in [3.05, 3.63) is 10.6 Å². The highest BCUT2D eigenvalue weighted by atomic mass is 32.1. The Balaban J connectivity index is 2.16. The van der Waals surface area contributed by atoms with E-state index >= 15 is 0 Å². The number of rotatable bonds is 5. The van der Waals surface area contributed by atoms with Crippen LogP contribution in [-0.2, 0) is 6.42 Å². The van der Waals surface area contributed by atoms with Gasteiger partial charge in [0.25, 0.3) is 0 Å². The molecule has 0 spiro atoms. The summed E-state index contributed by atoms with van der Waals surface area (Å²) >= 11 is 1.78. The molecule has 2 atom stereocenters. The quantitative estimate of drug-likeness (QED) is 0.889. The second kappa shape index (κ2) is 6.02. The summed E-state index contributed by atoms with van der Waals surface area (Å²) in [5, 5.41) is 11.1. The molecule has 0 amide bonds. The van der Waals surface area contributed by atoms with E-state index in [1.54, 1.807) is 11.3 Å². The SMILES string of the molecule is CCC(C)CN(CC)c1nc2c(s1)CCCC2O. The van der Waals surface area contributed by atoms with Gasteiger partial charge in [0, 0.05) is 18.0 Å². The minimum Gasteiger partial charge on any atom is -0.387 e. The van der Waals surface area contributed by atoms with Crippen LogP contribution in [0.25, 0.3) is 0 Å². The highest BCUT2D eigenvalue weighted by Crippen LogP contribution is 2.36. The Morgan fingerprint density at radius 2 is 2.28 bits per heavy atom. The van der Waals surface area contributed by atoms with Crippen molar-refractivity contribution in [3.8, 4) is 0 Å². The monoisotopic (exact) mass is 268 g/mol. The number of aliphatic hydroxyl groups is 1. The largest absolute Gasteiger partial charge is 0.387 e. The molecular formula is C14H24N2OS. The van der Waals surface area contributed by atoms with E-state index in [-0.39, 0.29) is 6.10 Å². The molecule has 4 heteroatoms. The molecule has 0 radical (unpaired) electrons. The maximum atomic E-state index is 9.98.